The Morgan fingerprint density at radius 3 is 2.32 bits per heavy atom. The van der Waals surface area contributed by atoms with E-state index in [-0.39, 0.29) is 0 Å². The standard InChI is InChI=1S/C22H22ClN5/c1-15-2-4-17(5-3-15)20-13-27-28-22(20)26-11-10-25-21-14-24-12-19(21)16-6-8-18(23)9-7-16/h2-9,12-14,24-25H,10-11H2,1H3,(H2,26,27,28). The normalized spacial score (nSPS) is 10.8. The number of aromatic nitrogens is 3. The Balaban J connectivity index is 1.36. The number of halogens is 1. The van der Waals surface area contributed by atoms with Gasteiger partial charge in [-0.3, -0.25) is 5.10 Å². The van der Waals surface area contributed by atoms with Gasteiger partial charge in [-0.15, -0.1) is 0 Å². The van der Waals surface area contributed by atoms with E-state index in [1.807, 2.05) is 42.9 Å². The van der Waals surface area contributed by atoms with E-state index < -0.39 is 0 Å². The molecule has 0 saturated heterocycles. The molecule has 4 rings (SSSR count). The van der Waals surface area contributed by atoms with Crippen molar-refractivity contribution in [2.24, 2.45) is 0 Å². The van der Waals surface area contributed by atoms with Crippen LogP contribution in [0.15, 0.2) is 67.1 Å². The molecule has 0 aliphatic carbocycles. The highest BCUT2D eigenvalue weighted by molar-refractivity contribution is 6.30. The third-order valence-electron chi connectivity index (χ3n) is 4.64. The first-order chi connectivity index (χ1) is 13.7. The number of anilines is 2. The van der Waals surface area contributed by atoms with Crippen LogP contribution in [0.2, 0.25) is 5.02 Å². The lowest BCUT2D eigenvalue weighted by Crippen LogP contribution is -2.14. The van der Waals surface area contributed by atoms with Crippen LogP contribution in [0.5, 0.6) is 0 Å². The summed E-state index contributed by atoms with van der Waals surface area (Å²) in [7, 11) is 0. The van der Waals surface area contributed by atoms with E-state index in [0.717, 1.165) is 51.9 Å². The van der Waals surface area contributed by atoms with E-state index in [9.17, 15) is 0 Å². The molecule has 142 valence electrons. The van der Waals surface area contributed by atoms with Gasteiger partial charge in [-0.2, -0.15) is 5.10 Å². The molecular formula is C22H22ClN5. The molecule has 28 heavy (non-hydrogen) atoms. The van der Waals surface area contributed by atoms with Gasteiger partial charge in [-0.05, 0) is 30.2 Å². The van der Waals surface area contributed by atoms with Crippen LogP contribution >= 0.6 is 11.6 Å². The lowest BCUT2D eigenvalue weighted by Gasteiger charge is -2.10. The molecule has 4 aromatic rings. The smallest absolute Gasteiger partial charge is 0.129 e. The number of nitrogens with one attached hydrogen (secondary N) is 4. The van der Waals surface area contributed by atoms with Crippen molar-refractivity contribution in [1.29, 1.82) is 0 Å². The van der Waals surface area contributed by atoms with Crippen molar-refractivity contribution in [2.75, 3.05) is 23.7 Å². The lowest BCUT2D eigenvalue weighted by atomic mass is 10.1. The summed E-state index contributed by atoms with van der Waals surface area (Å²) in [6, 6.07) is 16.3. The SMILES string of the molecule is Cc1ccc(-c2cn[nH]c2NCCNc2c[nH]cc2-c2ccc(Cl)cc2)cc1. The molecule has 2 aromatic heterocycles. The molecule has 0 bridgehead atoms. The van der Waals surface area contributed by atoms with Crippen LogP contribution in [0.25, 0.3) is 22.3 Å². The Labute approximate surface area is 169 Å². The van der Waals surface area contributed by atoms with Crippen molar-refractivity contribution in [3.8, 4) is 22.3 Å². The predicted molar refractivity (Wildman–Crippen MR) is 117 cm³/mol. The van der Waals surface area contributed by atoms with Crippen LogP contribution in [0.1, 0.15) is 5.56 Å². The maximum Gasteiger partial charge on any atom is 0.129 e. The van der Waals surface area contributed by atoms with Crippen LogP contribution in [0, 0.1) is 6.92 Å². The van der Waals surface area contributed by atoms with Crippen LogP contribution in [-0.2, 0) is 0 Å². The van der Waals surface area contributed by atoms with Crippen LogP contribution in [0.3, 0.4) is 0 Å². The molecule has 0 unspecified atom stereocenters. The molecule has 0 amide bonds. The van der Waals surface area contributed by atoms with Crippen LogP contribution in [0.4, 0.5) is 11.5 Å². The van der Waals surface area contributed by atoms with Crippen molar-refractivity contribution in [1.82, 2.24) is 15.2 Å². The van der Waals surface area contributed by atoms with Crippen molar-refractivity contribution >= 4 is 23.1 Å². The monoisotopic (exact) mass is 391 g/mol. The largest absolute Gasteiger partial charge is 0.382 e. The fourth-order valence-corrected chi connectivity index (χ4v) is 3.26. The first-order valence-electron chi connectivity index (χ1n) is 9.21. The van der Waals surface area contributed by atoms with Gasteiger partial charge in [0.1, 0.15) is 5.82 Å². The number of H-pyrrole nitrogens is 2. The highest BCUT2D eigenvalue weighted by atomic mass is 35.5. The Hall–Kier alpha value is -3.18. The molecule has 5 nitrogen and oxygen atoms in total. The highest BCUT2D eigenvalue weighted by Gasteiger charge is 2.08. The number of aromatic amines is 2. The zero-order valence-electron chi connectivity index (χ0n) is 15.6. The van der Waals surface area contributed by atoms with E-state index in [2.05, 4.69) is 57.0 Å². The summed E-state index contributed by atoms with van der Waals surface area (Å²) in [4.78, 5) is 3.17. The minimum absolute atomic E-state index is 0.738. The van der Waals surface area contributed by atoms with E-state index in [0.29, 0.717) is 0 Å². The fraction of sp³-hybridized carbons (Fsp3) is 0.136. The first kappa shape index (κ1) is 18.2. The van der Waals surface area contributed by atoms with Crippen LogP contribution < -0.4 is 10.6 Å². The second-order valence-corrected chi connectivity index (χ2v) is 7.10. The van der Waals surface area contributed by atoms with Gasteiger partial charge < -0.3 is 15.6 Å². The second-order valence-electron chi connectivity index (χ2n) is 6.67. The Morgan fingerprint density at radius 1 is 0.857 bits per heavy atom. The number of benzene rings is 2. The van der Waals surface area contributed by atoms with Crippen LogP contribution in [-0.4, -0.2) is 28.3 Å². The van der Waals surface area contributed by atoms with Gasteiger partial charge in [0.25, 0.3) is 0 Å². The number of rotatable bonds is 7. The van der Waals surface area contributed by atoms with Gasteiger partial charge in [0, 0.05) is 41.6 Å². The van der Waals surface area contributed by atoms with Crippen molar-refractivity contribution in [3.05, 3.63) is 77.7 Å². The molecule has 0 saturated carbocycles. The third kappa shape index (κ3) is 4.05. The van der Waals surface area contributed by atoms with Gasteiger partial charge in [-0.1, -0.05) is 53.6 Å². The summed E-state index contributed by atoms with van der Waals surface area (Å²) >= 11 is 5.99. The van der Waals surface area contributed by atoms with Gasteiger partial charge >= 0.3 is 0 Å². The molecule has 2 aromatic carbocycles. The molecular weight excluding hydrogens is 370 g/mol. The minimum atomic E-state index is 0.738. The van der Waals surface area contributed by atoms with Crippen molar-refractivity contribution < 1.29 is 0 Å². The van der Waals surface area contributed by atoms with Crippen molar-refractivity contribution in [3.63, 3.8) is 0 Å². The van der Waals surface area contributed by atoms with E-state index in [1.165, 1.54) is 5.56 Å². The third-order valence-corrected chi connectivity index (χ3v) is 4.90. The molecule has 6 heteroatoms. The summed E-state index contributed by atoms with van der Waals surface area (Å²) in [5, 5.41) is 14.9. The molecule has 0 fully saturated rings. The number of hydrogen-bond donors (Lipinski definition) is 4. The summed E-state index contributed by atoms with van der Waals surface area (Å²) in [5.74, 6) is 0.928. The molecule has 4 N–H and O–H groups in total. The average Bonchev–Trinajstić information content (AvgIpc) is 3.36. The van der Waals surface area contributed by atoms with Gasteiger partial charge in [-0.25, -0.2) is 0 Å². The fourth-order valence-electron chi connectivity index (χ4n) is 3.14. The molecule has 0 radical (unpaired) electrons. The number of hydrogen-bond acceptors (Lipinski definition) is 3. The van der Waals surface area contributed by atoms with Gasteiger partial charge in [0.15, 0.2) is 0 Å². The van der Waals surface area contributed by atoms with Gasteiger partial charge in [0.05, 0.1) is 11.9 Å². The number of nitrogens with zero attached hydrogens (tertiary/aromatic N) is 1. The average molecular weight is 392 g/mol. The summed E-state index contributed by atoms with van der Waals surface area (Å²) in [5.41, 5.74) is 6.77. The molecule has 2 heterocycles. The van der Waals surface area contributed by atoms with Gasteiger partial charge in [0.2, 0.25) is 0 Å². The minimum Gasteiger partial charge on any atom is -0.382 e. The Bertz CT molecular complexity index is 946. The maximum absolute atomic E-state index is 5.99. The van der Waals surface area contributed by atoms with E-state index in [4.69, 9.17) is 11.6 Å². The van der Waals surface area contributed by atoms with Crippen molar-refractivity contribution in [2.45, 2.75) is 6.92 Å². The predicted octanol–water partition coefficient (Wildman–Crippen LogP) is 5.56. The highest BCUT2D eigenvalue weighted by Crippen LogP contribution is 2.29. The molecule has 0 atom stereocenters. The maximum atomic E-state index is 5.99. The lowest BCUT2D eigenvalue weighted by molar-refractivity contribution is 1.03. The Morgan fingerprint density at radius 2 is 1.54 bits per heavy atom. The summed E-state index contributed by atoms with van der Waals surface area (Å²) < 4.78 is 0. The summed E-state index contributed by atoms with van der Waals surface area (Å²) in [6.45, 7) is 3.61. The topological polar surface area (TPSA) is 68.5 Å². The quantitative estimate of drug-likeness (QED) is 0.312. The second kappa shape index (κ2) is 8.23. The number of aryl methyl sites for hydroxylation is 1. The van der Waals surface area contributed by atoms with E-state index >= 15 is 0 Å². The molecule has 0 aliphatic heterocycles. The zero-order valence-corrected chi connectivity index (χ0v) is 16.3. The van der Waals surface area contributed by atoms with E-state index in [1.54, 1.807) is 0 Å². The first-order valence-corrected chi connectivity index (χ1v) is 9.59. The molecule has 0 aliphatic rings. The Kier molecular flexibility index (Phi) is 5.35. The molecule has 0 spiro atoms. The zero-order chi connectivity index (χ0) is 19.3. The summed E-state index contributed by atoms with van der Waals surface area (Å²) in [6.07, 6.45) is 5.81.